The van der Waals surface area contributed by atoms with E-state index in [0.29, 0.717) is 24.7 Å². The normalized spacial score (nSPS) is 12.2. The zero-order chi connectivity index (χ0) is 19.5. The second-order valence-electron chi connectivity index (χ2n) is 6.55. The molecule has 0 unspecified atom stereocenters. The molecule has 3 aromatic rings. The molecule has 1 amide bonds. The molecule has 144 valence electrons. The molecule has 1 aromatic heterocycles. The summed E-state index contributed by atoms with van der Waals surface area (Å²) in [7, 11) is 0. The van der Waals surface area contributed by atoms with Crippen molar-refractivity contribution >= 4 is 5.91 Å². The summed E-state index contributed by atoms with van der Waals surface area (Å²) in [5.41, 5.74) is 2.95. The number of aryl methyl sites for hydroxylation is 1. The number of carbonyl (C=O) groups excluding carboxylic acids is 1. The van der Waals surface area contributed by atoms with Crippen molar-refractivity contribution in [1.29, 1.82) is 0 Å². The first kappa shape index (κ1) is 18.0. The maximum absolute atomic E-state index is 12.7. The topological polar surface area (TPSA) is 82.4 Å². The van der Waals surface area contributed by atoms with Crippen LogP contribution >= 0.6 is 0 Å². The molecule has 8 nitrogen and oxygen atoms in total. The Morgan fingerprint density at radius 3 is 2.82 bits per heavy atom. The summed E-state index contributed by atoms with van der Waals surface area (Å²) in [4.78, 5) is 15.8. The highest BCUT2D eigenvalue weighted by Crippen LogP contribution is 2.32. The van der Waals surface area contributed by atoms with E-state index < -0.39 is 0 Å². The van der Waals surface area contributed by atoms with Crippen LogP contribution in [0.2, 0.25) is 0 Å². The van der Waals surface area contributed by atoms with Crippen molar-refractivity contribution in [1.82, 2.24) is 25.1 Å². The molecule has 0 spiro atoms. The lowest BCUT2D eigenvalue weighted by atomic mass is 10.1. The second-order valence-corrected chi connectivity index (χ2v) is 6.55. The predicted molar refractivity (Wildman–Crippen MR) is 102 cm³/mol. The molecule has 0 saturated carbocycles. The van der Waals surface area contributed by atoms with Crippen LogP contribution in [0.5, 0.6) is 11.5 Å². The number of nitrogens with zero attached hydrogens (tertiary/aromatic N) is 5. The van der Waals surface area contributed by atoms with Gasteiger partial charge in [0.2, 0.25) is 18.5 Å². The summed E-state index contributed by atoms with van der Waals surface area (Å²) in [6, 6.07) is 13.5. The van der Waals surface area contributed by atoms with E-state index in [-0.39, 0.29) is 19.2 Å². The van der Waals surface area contributed by atoms with Crippen LogP contribution in [0.4, 0.5) is 0 Å². The molecule has 2 aromatic carbocycles. The Hall–Kier alpha value is -3.42. The number of carbonyl (C=O) groups is 1. The third-order valence-corrected chi connectivity index (χ3v) is 4.66. The summed E-state index contributed by atoms with van der Waals surface area (Å²) in [5, 5.41) is 12.5. The summed E-state index contributed by atoms with van der Waals surface area (Å²) in [5.74, 6) is 1.88. The average molecular weight is 379 g/mol. The highest BCUT2D eigenvalue weighted by Gasteiger charge is 2.18. The Labute approximate surface area is 162 Å². The fourth-order valence-corrected chi connectivity index (χ4v) is 3.10. The van der Waals surface area contributed by atoms with Crippen LogP contribution < -0.4 is 9.47 Å². The van der Waals surface area contributed by atoms with Gasteiger partial charge in [-0.2, -0.15) is 4.80 Å². The molecule has 0 aliphatic carbocycles. The number of fused-ring (bicyclic) bond motifs is 1. The highest BCUT2D eigenvalue weighted by molar-refractivity contribution is 5.75. The largest absolute Gasteiger partial charge is 0.454 e. The van der Waals surface area contributed by atoms with Gasteiger partial charge < -0.3 is 14.4 Å². The zero-order valence-electron chi connectivity index (χ0n) is 15.8. The van der Waals surface area contributed by atoms with Gasteiger partial charge in [0.1, 0.15) is 6.54 Å². The van der Waals surface area contributed by atoms with Crippen LogP contribution in [0.3, 0.4) is 0 Å². The van der Waals surface area contributed by atoms with Crippen LogP contribution in [-0.4, -0.2) is 44.4 Å². The number of aromatic nitrogens is 4. The molecule has 8 heteroatoms. The Balaban J connectivity index is 1.44. The lowest BCUT2D eigenvalue weighted by molar-refractivity contribution is -0.132. The fourth-order valence-electron chi connectivity index (χ4n) is 3.10. The molecule has 0 atom stereocenters. The monoisotopic (exact) mass is 379 g/mol. The van der Waals surface area contributed by atoms with Gasteiger partial charge in [-0.15, -0.1) is 10.2 Å². The molecular weight excluding hydrogens is 358 g/mol. The van der Waals surface area contributed by atoms with E-state index in [1.165, 1.54) is 4.80 Å². The van der Waals surface area contributed by atoms with Crippen molar-refractivity contribution in [3.8, 4) is 22.9 Å². The van der Waals surface area contributed by atoms with Crippen LogP contribution in [0, 0.1) is 6.92 Å². The molecule has 0 radical (unpaired) electrons. The first-order chi connectivity index (χ1) is 13.6. The molecule has 1 aliphatic rings. The van der Waals surface area contributed by atoms with Gasteiger partial charge in [0.25, 0.3) is 0 Å². The second kappa shape index (κ2) is 7.67. The van der Waals surface area contributed by atoms with Crippen molar-refractivity contribution in [3.05, 3.63) is 53.6 Å². The molecule has 0 N–H and O–H groups in total. The fraction of sp³-hybridized carbons (Fsp3) is 0.300. The van der Waals surface area contributed by atoms with Gasteiger partial charge in [-0.1, -0.05) is 30.3 Å². The lowest BCUT2D eigenvalue weighted by Crippen LogP contribution is -2.33. The number of hydrogen-bond acceptors (Lipinski definition) is 6. The first-order valence-electron chi connectivity index (χ1n) is 9.14. The number of hydrogen-bond donors (Lipinski definition) is 0. The van der Waals surface area contributed by atoms with Gasteiger partial charge in [0.15, 0.2) is 11.5 Å². The summed E-state index contributed by atoms with van der Waals surface area (Å²) >= 11 is 0. The lowest BCUT2D eigenvalue weighted by Gasteiger charge is -2.20. The third-order valence-electron chi connectivity index (χ3n) is 4.66. The van der Waals surface area contributed by atoms with E-state index in [9.17, 15) is 4.79 Å². The maximum atomic E-state index is 12.7. The van der Waals surface area contributed by atoms with Crippen molar-refractivity contribution in [2.24, 2.45) is 0 Å². The molecule has 2 heterocycles. The minimum Gasteiger partial charge on any atom is -0.454 e. The van der Waals surface area contributed by atoms with E-state index >= 15 is 0 Å². The molecule has 0 fully saturated rings. The standard InChI is InChI=1S/C20H21N5O3/c1-3-24(11-15-8-9-17-18(10-15)28-13-27-17)19(26)12-25-22-20(21-23-25)16-7-5-4-6-14(16)2/h4-10H,3,11-13H2,1-2H3. The average Bonchev–Trinajstić information content (AvgIpc) is 3.35. The van der Waals surface area contributed by atoms with Crippen LogP contribution in [0.1, 0.15) is 18.1 Å². The van der Waals surface area contributed by atoms with Gasteiger partial charge in [0.05, 0.1) is 0 Å². The van der Waals surface area contributed by atoms with E-state index in [2.05, 4.69) is 15.4 Å². The third kappa shape index (κ3) is 3.66. The van der Waals surface area contributed by atoms with Crippen LogP contribution in [0.25, 0.3) is 11.4 Å². The number of benzene rings is 2. The Morgan fingerprint density at radius 1 is 1.18 bits per heavy atom. The molecule has 4 rings (SSSR count). The van der Waals surface area contributed by atoms with Gasteiger partial charge in [-0.3, -0.25) is 4.79 Å². The highest BCUT2D eigenvalue weighted by atomic mass is 16.7. The molecule has 0 saturated heterocycles. The van der Waals surface area contributed by atoms with Crippen molar-refractivity contribution < 1.29 is 14.3 Å². The molecule has 1 aliphatic heterocycles. The SMILES string of the molecule is CCN(Cc1ccc2c(c1)OCO2)C(=O)Cn1nnc(-c2ccccc2C)n1. The van der Waals surface area contributed by atoms with E-state index in [0.717, 1.165) is 22.4 Å². The number of ether oxygens (including phenoxy) is 2. The van der Waals surface area contributed by atoms with E-state index in [4.69, 9.17) is 9.47 Å². The quantitative estimate of drug-likeness (QED) is 0.654. The molecule has 0 bridgehead atoms. The van der Waals surface area contributed by atoms with E-state index in [1.807, 2.05) is 56.3 Å². The van der Waals surface area contributed by atoms with E-state index in [1.54, 1.807) is 4.90 Å². The Bertz CT molecular complexity index is 1000. The van der Waals surface area contributed by atoms with Crippen molar-refractivity contribution in [3.63, 3.8) is 0 Å². The number of tetrazole rings is 1. The van der Waals surface area contributed by atoms with Gasteiger partial charge in [-0.05, 0) is 42.3 Å². The van der Waals surface area contributed by atoms with Gasteiger partial charge >= 0.3 is 0 Å². The molecular formula is C20H21N5O3. The van der Waals surface area contributed by atoms with Crippen LogP contribution in [0.15, 0.2) is 42.5 Å². The van der Waals surface area contributed by atoms with Crippen LogP contribution in [-0.2, 0) is 17.9 Å². The Morgan fingerprint density at radius 2 is 2.00 bits per heavy atom. The minimum absolute atomic E-state index is 0.0390. The minimum atomic E-state index is -0.0751. The Kier molecular flexibility index (Phi) is 4.92. The zero-order valence-corrected chi connectivity index (χ0v) is 15.8. The summed E-state index contributed by atoms with van der Waals surface area (Å²) in [6.45, 7) is 5.26. The molecule has 28 heavy (non-hydrogen) atoms. The van der Waals surface area contributed by atoms with Crippen molar-refractivity contribution in [2.45, 2.75) is 26.9 Å². The number of amides is 1. The predicted octanol–water partition coefficient (Wildman–Crippen LogP) is 2.43. The summed E-state index contributed by atoms with van der Waals surface area (Å²) < 4.78 is 10.7. The smallest absolute Gasteiger partial charge is 0.246 e. The van der Waals surface area contributed by atoms with Gasteiger partial charge in [-0.25, -0.2) is 0 Å². The number of likely N-dealkylation sites (N-methyl/N-ethyl adjacent to an activating group) is 1. The number of rotatable bonds is 6. The van der Waals surface area contributed by atoms with Gasteiger partial charge in [0, 0.05) is 18.7 Å². The maximum Gasteiger partial charge on any atom is 0.246 e. The summed E-state index contributed by atoms with van der Waals surface area (Å²) in [6.07, 6.45) is 0. The first-order valence-corrected chi connectivity index (χ1v) is 9.14. The van der Waals surface area contributed by atoms with Crippen molar-refractivity contribution in [2.75, 3.05) is 13.3 Å².